The standard InChI is InChI=1S/C16H20N2O4/c1-9(2)7-13(16(21)22)18-15(20)11-8-14(19)17-12-6-4-3-5-10(11)12/h3-6,9,11,13H,7-8H2,1-2H3,(H,17,19)(H,18,20)(H,21,22)/t11?,13-/m1/s1. The summed E-state index contributed by atoms with van der Waals surface area (Å²) in [7, 11) is 0. The summed E-state index contributed by atoms with van der Waals surface area (Å²) in [6.45, 7) is 3.79. The fourth-order valence-corrected chi connectivity index (χ4v) is 2.61. The van der Waals surface area contributed by atoms with Gasteiger partial charge < -0.3 is 15.7 Å². The summed E-state index contributed by atoms with van der Waals surface area (Å²) in [6, 6.07) is 6.13. The van der Waals surface area contributed by atoms with Gasteiger partial charge in [0.15, 0.2) is 0 Å². The minimum absolute atomic E-state index is 0.0247. The molecule has 1 aromatic carbocycles. The molecular formula is C16H20N2O4. The zero-order valence-corrected chi connectivity index (χ0v) is 12.6. The Kier molecular flexibility index (Phi) is 4.80. The zero-order valence-electron chi connectivity index (χ0n) is 12.6. The first-order chi connectivity index (χ1) is 10.4. The van der Waals surface area contributed by atoms with Crippen LogP contribution in [0.5, 0.6) is 0 Å². The molecule has 22 heavy (non-hydrogen) atoms. The van der Waals surface area contributed by atoms with E-state index in [9.17, 15) is 19.5 Å². The van der Waals surface area contributed by atoms with Crippen molar-refractivity contribution in [2.24, 2.45) is 5.92 Å². The number of benzene rings is 1. The van der Waals surface area contributed by atoms with Crippen LogP contribution in [0.2, 0.25) is 0 Å². The summed E-state index contributed by atoms with van der Waals surface area (Å²) < 4.78 is 0. The third-order valence-corrected chi connectivity index (χ3v) is 3.64. The van der Waals surface area contributed by atoms with Gasteiger partial charge in [0, 0.05) is 12.1 Å². The lowest BCUT2D eigenvalue weighted by Gasteiger charge is -2.26. The number of carbonyl (C=O) groups is 3. The van der Waals surface area contributed by atoms with E-state index in [1.54, 1.807) is 24.3 Å². The first kappa shape index (κ1) is 16.0. The van der Waals surface area contributed by atoms with E-state index in [2.05, 4.69) is 10.6 Å². The smallest absolute Gasteiger partial charge is 0.326 e. The molecule has 0 fully saturated rings. The maximum atomic E-state index is 12.4. The Hall–Kier alpha value is -2.37. The first-order valence-electron chi connectivity index (χ1n) is 7.30. The van der Waals surface area contributed by atoms with Gasteiger partial charge in [0.1, 0.15) is 6.04 Å². The van der Waals surface area contributed by atoms with Crippen molar-refractivity contribution in [1.29, 1.82) is 0 Å². The molecule has 1 aromatic rings. The highest BCUT2D eigenvalue weighted by molar-refractivity contribution is 6.01. The molecule has 0 aromatic heterocycles. The molecule has 6 nitrogen and oxygen atoms in total. The molecule has 6 heteroatoms. The van der Waals surface area contributed by atoms with Crippen molar-refractivity contribution < 1.29 is 19.5 Å². The van der Waals surface area contributed by atoms with E-state index < -0.39 is 23.8 Å². The number of fused-ring (bicyclic) bond motifs is 1. The Bertz CT molecular complexity index is 598. The van der Waals surface area contributed by atoms with Gasteiger partial charge in [-0.2, -0.15) is 0 Å². The van der Waals surface area contributed by atoms with E-state index in [-0.39, 0.29) is 18.2 Å². The summed E-state index contributed by atoms with van der Waals surface area (Å²) in [4.78, 5) is 35.4. The second-order valence-electron chi connectivity index (χ2n) is 5.92. The Morgan fingerprint density at radius 1 is 1.36 bits per heavy atom. The van der Waals surface area contributed by atoms with Crippen molar-refractivity contribution in [2.45, 2.75) is 38.6 Å². The van der Waals surface area contributed by atoms with Crippen LogP contribution in [0.25, 0.3) is 0 Å². The largest absolute Gasteiger partial charge is 0.480 e. The topological polar surface area (TPSA) is 95.5 Å². The van der Waals surface area contributed by atoms with Crippen molar-refractivity contribution in [3.63, 3.8) is 0 Å². The van der Waals surface area contributed by atoms with Crippen LogP contribution in [0.15, 0.2) is 24.3 Å². The Morgan fingerprint density at radius 2 is 2.05 bits per heavy atom. The maximum Gasteiger partial charge on any atom is 0.326 e. The maximum absolute atomic E-state index is 12.4. The van der Waals surface area contributed by atoms with Gasteiger partial charge in [-0.05, 0) is 24.0 Å². The van der Waals surface area contributed by atoms with Crippen LogP contribution >= 0.6 is 0 Å². The molecular weight excluding hydrogens is 284 g/mol. The lowest BCUT2D eigenvalue weighted by Crippen LogP contribution is -2.45. The molecule has 3 N–H and O–H groups in total. The third kappa shape index (κ3) is 3.63. The molecule has 0 aliphatic carbocycles. The number of carboxylic acid groups (broad SMARTS) is 1. The van der Waals surface area contributed by atoms with E-state index in [1.165, 1.54) is 0 Å². The number of amides is 2. The van der Waals surface area contributed by atoms with E-state index in [0.717, 1.165) is 0 Å². The molecule has 0 spiro atoms. The number of para-hydroxylation sites is 1. The Labute approximate surface area is 128 Å². The van der Waals surface area contributed by atoms with E-state index in [1.807, 2.05) is 13.8 Å². The van der Waals surface area contributed by atoms with Gasteiger partial charge in [0.25, 0.3) is 0 Å². The number of carboxylic acids is 1. The highest BCUT2D eigenvalue weighted by Gasteiger charge is 2.32. The highest BCUT2D eigenvalue weighted by Crippen LogP contribution is 2.32. The number of rotatable bonds is 5. The molecule has 0 saturated carbocycles. The number of carbonyl (C=O) groups excluding carboxylic acids is 2. The van der Waals surface area contributed by atoms with Gasteiger partial charge in [0.05, 0.1) is 5.92 Å². The lowest BCUT2D eigenvalue weighted by atomic mass is 9.89. The molecule has 1 aliphatic rings. The molecule has 1 aliphatic heterocycles. The molecule has 2 rings (SSSR count). The minimum Gasteiger partial charge on any atom is -0.480 e. The normalized spacial score (nSPS) is 18.3. The Balaban J connectivity index is 2.18. The highest BCUT2D eigenvalue weighted by atomic mass is 16.4. The van der Waals surface area contributed by atoms with Crippen LogP contribution in [0.4, 0.5) is 5.69 Å². The second-order valence-corrected chi connectivity index (χ2v) is 5.92. The van der Waals surface area contributed by atoms with Crippen LogP contribution < -0.4 is 10.6 Å². The molecule has 0 radical (unpaired) electrons. The molecule has 1 unspecified atom stereocenters. The molecule has 2 atom stereocenters. The minimum atomic E-state index is -1.06. The fourth-order valence-electron chi connectivity index (χ4n) is 2.61. The molecule has 0 bridgehead atoms. The summed E-state index contributed by atoms with van der Waals surface area (Å²) in [5.74, 6) is -2.23. The average Bonchev–Trinajstić information content (AvgIpc) is 2.44. The quantitative estimate of drug-likeness (QED) is 0.772. The number of aliphatic carboxylic acids is 1. The summed E-state index contributed by atoms with van der Waals surface area (Å²) in [5, 5.41) is 14.5. The molecule has 118 valence electrons. The lowest BCUT2D eigenvalue weighted by molar-refractivity contribution is -0.142. The van der Waals surface area contributed by atoms with E-state index in [0.29, 0.717) is 17.7 Å². The van der Waals surface area contributed by atoms with Crippen molar-refractivity contribution in [3.8, 4) is 0 Å². The fraction of sp³-hybridized carbons (Fsp3) is 0.438. The number of nitrogens with one attached hydrogen (secondary N) is 2. The van der Waals surface area contributed by atoms with Crippen LogP contribution in [0.3, 0.4) is 0 Å². The van der Waals surface area contributed by atoms with E-state index >= 15 is 0 Å². The summed E-state index contributed by atoms with van der Waals surface area (Å²) in [6.07, 6.45) is 0.374. The van der Waals surface area contributed by atoms with Crippen LogP contribution in [-0.2, 0) is 14.4 Å². The SMILES string of the molecule is CC(C)C[C@@H](NC(=O)C1CC(=O)Nc2ccccc21)C(=O)O. The number of anilines is 1. The summed E-state index contributed by atoms with van der Waals surface area (Å²) in [5.41, 5.74) is 1.32. The van der Waals surface area contributed by atoms with Gasteiger partial charge in [-0.3, -0.25) is 9.59 Å². The van der Waals surface area contributed by atoms with Crippen molar-refractivity contribution in [1.82, 2.24) is 5.32 Å². The molecule has 0 saturated heterocycles. The van der Waals surface area contributed by atoms with Gasteiger partial charge in [0.2, 0.25) is 11.8 Å². The van der Waals surface area contributed by atoms with Crippen molar-refractivity contribution in [3.05, 3.63) is 29.8 Å². The third-order valence-electron chi connectivity index (χ3n) is 3.64. The van der Waals surface area contributed by atoms with Crippen LogP contribution in [0, 0.1) is 5.92 Å². The van der Waals surface area contributed by atoms with Gasteiger partial charge in [-0.25, -0.2) is 4.79 Å². The van der Waals surface area contributed by atoms with Crippen molar-refractivity contribution >= 4 is 23.5 Å². The van der Waals surface area contributed by atoms with Gasteiger partial charge in [-0.15, -0.1) is 0 Å². The second kappa shape index (κ2) is 6.60. The molecule has 1 heterocycles. The number of hydrogen-bond donors (Lipinski definition) is 3. The predicted octanol–water partition coefficient (Wildman–Crippen LogP) is 1.73. The van der Waals surface area contributed by atoms with Crippen LogP contribution in [-0.4, -0.2) is 28.9 Å². The first-order valence-corrected chi connectivity index (χ1v) is 7.30. The summed E-state index contributed by atoms with van der Waals surface area (Å²) >= 11 is 0. The molecule has 2 amide bonds. The van der Waals surface area contributed by atoms with E-state index in [4.69, 9.17) is 0 Å². The van der Waals surface area contributed by atoms with Gasteiger partial charge >= 0.3 is 5.97 Å². The van der Waals surface area contributed by atoms with Gasteiger partial charge in [-0.1, -0.05) is 32.0 Å². The van der Waals surface area contributed by atoms with Crippen molar-refractivity contribution in [2.75, 3.05) is 5.32 Å². The average molecular weight is 304 g/mol. The Morgan fingerprint density at radius 3 is 2.68 bits per heavy atom. The zero-order chi connectivity index (χ0) is 16.3. The number of hydrogen-bond acceptors (Lipinski definition) is 3. The predicted molar refractivity (Wildman–Crippen MR) is 81.5 cm³/mol. The monoisotopic (exact) mass is 304 g/mol. The van der Waals surface area contributed by atoms with Crippen LogP contribution in [0.1, 0.15) is 38.2 Å².